The second-order valence-corrected chi connectivity index (χ2v) is 4.46. The zero-order valence-electron chi connectivity index (χ0n) is 9.91. The van der Waals surface area contributed by atoms with E-state index in [4.69, 9.17) is 11.6 Å². The van der Waals surface area contributed by atoms with Crippen molar-refractivity contribution in [3.05, 3.63) is 62.1 Å². The molecule has 1 N–H and O–H groups in total. The molecular formula is C12H7ClN4O3. The van der Waals surface area contributed by atoms with Gasteiger partial charge < -0.3 is 0 Å². The molecule has 20 heavy (non-hydrogen) atoms. The highest BCUT2D eigenvalue weighted by molar-refractivity contribution is 6.30. The summed E-state index contributed by atoms with van der Waals surface area (Å²) in [5.74, 6) is 0. The molecule has 2 heterocycles. The number of nitrogens with one attached hydrogen (secondary N) is 1. The second kappa shape index (κ2) is 4.46. The fourth-order valence-electron chi connectivity index (χ4n) is 1.95. The van der Waals surface area contributed by atoms with Gasteiger partial charge in [0.2, 0.25) is 0 Å². The molecule has 0 aliphatic rings. The third kappa shape index (κ3) is 1.94. The molecule has 0 bridgehead atoms. The lowest BCUT2D eigenvalue weighted by Gasteiger charge is -2.04. The van der Waals surface area contributed by atoms with Crippen LogP contribution in [0.3, 0.4) is 0 Å². The lowest BCUT2D eigenvalue weighted by Crippen LogP contribution is -2.04. The minimum absolute atomic E-state index is 0.0645. The molecule has 100 valence electrons. The number of non-ortho nitro benzene ring substituents is 1. The van der Waals surface area contributed by atoms with Crippen molar-refractivity contribution in [2.45, 2.75) is 0 Å². The van der Waals surface area contributed by atoms with Crippen molar-refractivity contribution in [1.29, 1.82) is 0 Å². The summed E-state index contributed by atoms with van der Waals surface area (Å²) in [6.45, 7) is 0. The van der Waals surface area contributed by atoms with E-state index in [-0.39, 0.29) is 16.4 Å². The first-order valence-corrected chi connectivity index (χ1v) is 5.95. The quantitative estimate of drug-likeness (QED) is 0.445. The zero-order valence-corrected chi connectivity index (χ0v) is 10.7. The number of halogens is 1. The van der Waals surface area contributed by atoms with Crippen LogP contribution in [-0.2, 0) is 0 Å². The fraction of sp³-hybridized carbons (Fsp3) is 0. The maximum Gasteiger partial charge on any atom is 0.273 e. The Hall–Kier alpha value is -2.67. The Morgan fingerprint density at radius 3 is 2.90 bits per heavy atom. The molecule has 0 aliphatic heterocycles. The number of rotatable bonds is 2. The molecule has 0 saturated carbocycles. The van der Waals surface area contributed by atoms with E-state index in [1.54, 1.807) is 12.1 Å². The van der Waals surface area contributed by atoms with Crippen LogP contribution in [0.2, 0.25) is 5.15 Å². The number of aromatic amines is 1. The van der Waals surface area contributed by atoms with Crippen LogP contribution >= 0.6 is 11.6 Å². The normalized spacial score (nSPS) is 10.8. The first-order chi connectivity index (χ1) is 9.56. The lowest BCUT2D eigenvalue weighted by molar-refractivity contribution is -0.384. The van der Waals surface area contributed by atoms with Gasteiger partial charge in [0.05, 0.1) is 21.5 Å². The van der Waals surface area contributed by atoms with Crippen LogP contribution in [0.4, 0.5) is 5.69 Å². The van der Waals surface area contributed by atoms with Gasteiger partial charge >= 0.3 is 0 Å². The summed E-state index contributed by atoms with van der Waals surface area (Å²) in [4.78, 5) is 26.0. The number of hydrogen-bond acceptors (Lipinski definition) is 4. The maximum atomic E-state index is 11.8. The number of hydrogen-bond donors (Lipinski definition) is 1. The van der Waals surface area contributed by atoms with Crippen molar-refractivity contribution in [3.8, 4) is 5.69 Å². The number of nitro groups is 1. The van der Waals surface area contributed by atoms with Crippen LogP contribution in [0.15, 0.2) is 41.3 Å². The summed E-state index contributed by atoms with van der Waals surface area (Å²) < 4.78 is 1.44. The maximum absolute atomic E-state index is 11.8. The Kier molecular flexibility index (Phi) is 2.76. The lowest BCUT2D eigenvalue weighted by atomic mass is 10.2. The number of aromatic nitrogens is 3. The monoisotopic (exact) mass is 290 g/mol. The van der Waals surface area contributed by atoms with Gasteiger partial charge in [-0.25, -0.2) is 4.98 Å². The predicted molar refractivity (Wildman–Crippen MR) is 73.4 cm³/mol. The third-order valence-electron chi connectivity index (χ3n) is 2.85. The van der Waals surface area contributed by atoms with Crippen LogP contribution in [0.25, 0.3) is 16.6 Å². The van der Waals surface area contributed by atoms with Gasteiger partial charge in [-0.1, -0.05) is 17.7 Å². The molecule has 1 aromatic carbocycles. The topological polar surface area (TPSA) is 93.8 Å². The highest BCUT2D eigenvalue weighted by Crippen LogP contribution is 2.20. The molecule has 0 unspecified atom stereocenters. The predicted octanol–water partition coefficient (Wildman–Crippen LogP) is 2.28. The molecule has 3 aromatic rings. The SMILES string of the molecule is O=c1[nH]n(-c2cccc([N+](=O)[O-])c2)c2cc(Cl)ncc12. The van der Waals surface area contributed by atoms with Gasteiger partial charge in [-0.2, -0.15) is 0 Å². The van der Waals surface area contributed by atoms with Crippen molar-refractivity contribution < 1.29 is 4.92 Å². The molecule has 0 radical (unpaired) electrons. The zero-order chi connectivity index (χ0) is 14.3. The average molecular weight is 291 g/mol. The first kappa shape index (κ1) is 12.4. The summed E-state index contributed by atoms with van der Waals surface area (Å²) in [6.07, 6.45) is 1.37. The van der Waals surface area contributed by atoms with Crippen molar-refractivity contribution in [3.63, 3.8) is 0 Å². The smallest absolute Gasteiger partial charge is 0.267 e. The van der Waals surface area contributed by atoms with E-state index in [1.165, 1.54) is 29.1 Å². The van der Waals surface area contributed by atoms with Gasteiger partial charge in [0.1, 0.15) is 5.15 Å². The molecule has 7 nitrogen and oxygen atoms in total. The van der Waals surface area contributed by atoms with Crippen LogP contribution in [-0.4, -0.2) is 19.7 Å². The van der Waals surface area contributed by atoms with Crippen molar-refractivity contribution in [2.75, 3.05) is 0 Å². The Morgan fingerprint density at radius 2 is 2.15 bits per heavy atom. The standard InChI is InChI=1S/C12H7ClN4O3/c13-11-5-10-9(6-14-11)12(18)15-16(10)7-2-1-3-8(4-7)17(19)20/h1-6H,(H,15,18). The van der Waals surface area contributed by atoms with Crippen molar-refractivity contribution in [2.24, 2.45) is 0 Å². The number of nitrogens with zero attached hydrogens (tertiary/aromatic N) is 3. The number of nitro benzene ring substituents is 1. The number of pyridine rings is 1. The van der Waals surface area contributed by atoms with Crippen LogP contribution < -0.4 is 5.56 Å². The second-order valence-electron chi connectivity index (χ2n) is 4.08. The molecule has 0 atom stereocenters. The minimum Gasteiger partial charge on any atom is -0.267 e. The Balaban J connectivity index is 2.29. The van der Waals surface area contributed by atoms with Crippen molar-refractivity contribution in [1.82, 2.24) is 14.8 Å². The summed E-state index contributed by atoms with van der Waals surface area (Å²) >= 11 is 5.82. The Bertz CT molecular complexity index is 884. The minimum atomic E-state index is -0.498. The first-order valence-electron chi connectivity index (χ1n) is 5.57. The van der Waals surface area contributed by atoms with Gasteiger partial charge in [0.25, 0.3) is 11.2 Å². The van der Waals surface area contributed by atoms with Gasteiger partial charge in [-0.15, -0.1) is 0 Å². The summed E-state index contributed by atoms with van der Waals surface area (Å²) in [5, 5.41) is 14.0. The molecule has 0 amide bonds. The van der Waals surface area contributed by atoms with E-state index in [0.717, 1.165) is 0 Å². The highest BCUT2D eigenvalue weighted by Gasteiger charge is 2.12. The Morgan fingerprint density at radius 1 is 1.35 bits per heavy atom. The van der Waals surface area contributed by atoms with E-state index in [2.05, 4.69) is 10.1 Å². The van der Waals surface area contributed by atoms with E-state index < -0.39 is 4.92 Å². The average Bonchev–Trinajstić information content (AvgIpc) is 2.75. The molecule has 0 spiro atoms. The number of benzene rings is 1. The highest BCUT2D eigenvalue weighted by atomic mass is 35.5. The summed E-state index contributed by atoms with van der Waals surface area (Å²) in [7, 11) is 0. The van der Waals surface area contributed by atoms with Crippen molar-refractivity contribution >= 4 is 28.2 Å². The fourth-order valence-corrected chi connectivity index (χ4v) is 2.10. The van der Waals surface area contributed by atoms with Crippen LogP contribution in [0.1, 0.15) is 0 Å². The van der Waals surface area contributed by atoms with E-state index in [9.17, 15) is 14.9 Å². The largest absolute Gasteiger partial charge is 0.273 e. The molecular weight excluding hydrogens is 284 g/mol. The molecule has 2 aromatic heterocycles. The van der Waals surface area contributed by atoms with Crippen LogP contribution in [0, 0.1) is 10.1 Å². The molecule has 8 heteroatoms. The molecule has 3 rings (SSSR count). The summed E-state index contributed by atoms with van der Waals surface area (Å²) in [5.41, 5.74) is 0.574. The van der Waals surface area contributed by atoms with Gasteiger partial charge in [-0.05, 0) is 6.07 Å². The molecule has 0 fully saturated rings. The van der Waals surface area contributed by atoms with Gasteiger partial charge in [-0.3, -0.25) is 24.7 Å². The third-order valence-corrected chi connectivity index (χ3v) is 3.05. The van der Waals surface area contributed by atoms with Crippen LogP contribution in [0.5, 0.6) is 0 Å². The summed E-state index contributed by atoms with van der Waals surface area (Å²) in [6, 6.07) is 7.45. The van der Waals surface area contributed by atoms with Gasteiger partial charge in [0, 0.05) is 24.4 Å². The van der Waals surface area contributed by atoms with E-state index in [0.29, 0.717) is 16.6 Å². The molecule has 0 aliphatic carbocycles. The van der Waals surface area contributed by atoms with Gasteiger partial charge in [0.15, 0.2) is 0 Å². The van der Waals surface area contributed by atoms with E-state index in [1.807, 2.05) is 0 Å². The van der Waals surface area contributed by atoms with E-state index >= 15 is 0 Å². The number of H-pyrrole nitrogens is 1. The number of fused-ring (bicyclic) bond motifs is 1. The molecule has 0 saturated heterocycles. The Labute approximate surface area is 116 Å².